The average molecular weight is 360 g/mol. The molecule has 0 saturated carbocycles. The first-order valence-corrected chi connectivity index (χ1v) is 9.40. The Hall–Kier alpha value is -2.04. The van der Waals surface area contributed by atoms with Crippen molar-refractivity contribution in [2.45, 2.75) is 48.0 Å². The summed E-state index contributed by atoms with van der Waals surface area (Å²) in [5.74, 6) is 0.258. The van der Waals surface area contributed by atoms with Crippen molar-refractivity contribution in [3.63, 3.8) is 0 Å². The van der Waals surface area contributed by atoms with Crippen LogP contribution in [-0.2, 0) is 9.59 Å². The van der Waals surface area contributed by atoms with Gasteiger partial charge in [-0.05, 0) is 29.7 Å². The maximum atomic E-state index is 12.4. The number of carbonyl (C=O) groups excluding carboxylic acids is 2. The molecule has 1 saturated heterocycles. The predicted molar refractivity (Wildman–Crippen MR) is 107 cm³/mol. The molecule has 1 N–H and O–H groups in total. The lowest BCUT2D eigenvalue weighted by atomic mass is 9.91. The highest BCUT2D eigenvalue weighted by Gasteiger charge is 2.25. The van der Waals surface area contributed by atoms with E-state index >= 15 is 0 Å². The fourth-order valence-corrected chi connectivity index (χ4v) is 2.85. The second-order valence-corrected chi connectivity index (χ2v) is 9.36. The van der Waals surface area contributed by atoms with E-state index in [0.717, 1.165) is 37.6 Å². The van der Waals surface area contributed by atoms with E-state index in [4.69, 9.17) is 0 Å². The van der Waals surface area contributed by atoms with Crippen molar-refractivity contribution < 1.29 is 9.59 Å². The zero-order valence-corrected chi connectivity index (χ0v) is 17.1. The fraction of sp³-hybridized carbons (Fsp3) is 0.619. The predicted octanol–water partition coefficient (Wildman–Crippen LogP) is 3.76. The van der Waals surface area contributed by atoms with Crippen LogP contribution < -0.4 is 10.2 Å². The molecule has 2 rings (SSSR count). The van der Waals surface area contributed by atoms with Crippen molar-refractivity contribution in [1.29, 1.82) is 0 Å². The fourth-order valence-electron chi connectivity index (χ4n) is 2.85. The van der Waals surface area contributed by atoms with Crippen molar-refractivity contribution in [2.24, 2.45) is 10.8 Å². The van der Waals surface area contributed by atoms with Gasteiger partial charge in [-0.3, -0.25) is 9.59 Å². The number of nitrogens with one attached hydrogen (secondary N) is 1. The molecule has 0 atom stereocenters. The zero-order chi connectivity index (χ0) is 19.5. The van der Waals surface area contributed by atoms with Gasteiger partial charge in [-0.25, -0.2) is 0 Å². The van der Waals surface area contributed by atoms with Crippen LogP contribution in [0.2, 0.25) is 0 Å². The van der Waals surface area contributed by atoms with Gasteiger partial charge in [0.05, 0.1) is 0 Å². The Morgan fingerprint density at radius 2 is 1.46 bits per heavy atom. The average Bonchev–Trinajstić information content (AvgIpc) is 2.53. The van der Waals surface area contributed by atoms with E-state index in [0.29, 0.717) is 6.42 Å². The summed E-state index contributed by atoms with van der Waals surface area (Å²) in [7, 11) is 0. The summed E-state index contributed by atoms with van der Waals surface area (Å²) in [5.41, 5.74) is 1.56. The maximum Gasteiger partial charge on any atom is 0.229 e. The monoisotopic (exact) mass is 359 g/mol. The molecular weight excluding hydrogens is 326 g/mol. The zero-order valence-electron chi connectivity index (χ0n) is 17.1. The first-order valence-electron chi connectivity index (χ1n) is 9.40. The van der Waals surface area contributed by atoms with Crippen LogP contribution in [0.15, 0.2) is 24.3 Å². The highest BCUT2D eigenvalue weighted by Crippen LogP contribution is 2.23. The quantitative estimate of drug-likeness (QED) is 0.894. The van der Waals surface area contributed by atoms with E-state index in [1.165, 1.54) is 0 Å². The van der Waals surface area contributed by atoms with Crippen LogP contribution in [-0.4, -0.2) is 42.9 Å². The number of nitrogens with zero attached hydrogens (tertiary/aromatic N) is 2. The second-order valence-electron chi connectivity index (χ2n) is 9.36. The minimum atomic E-state index is -0.408. The number of benzene rings is 1. The smallest absolute Gasteiger partial charge is 0.229 e. The normalized spacial score (nSPS) is 15.8. The number of anilines is 2. The molecule has 0 spiro atoms. The van der Waals surface area contributed by atoms with Gasteiger partial charge in [0.2, 0.25) is 11.8 Å². The van der Waals surface area contributed by atoms with Crippen LogP contribution in [0.3, 0.4) is 0 Å². The highest BCUT2D eigenvalue weighted by molar-refractivity contribution is 5.94. The molecule has 0 unspecified atom stereocenters. The number of carbonyl (C=O) groups is 2. The van der Waals surface area contributed by atoms with Crippen molar-refractivity contribution in [3.05, 3.63) is 24.3 Å². The van der Waals surface area contributed by atoms with Gasteiger partial charge in [-0.1, -0.05) is 41.5 Å². The van der Waals surface area contributed by atoms with Gasteiger partial charge < -0.3 is 15.1 Å². The molecule has 0 radical (unpaired) electrons. The molecule has 0 aromatic heterocycles. The summed E-state index contributed by atoms with van der Waals surface area (Å²) in [6.45, 7) is 15.2. The first kappa shape index (κ1) is 20.3. The third-order valence-corrected chi connectivity index (χ3v) is 4.49. The number of hydrogen-bond donors (Lipinski definition) is 1. The number of rotatable bonds is 3. The Labute approximate surface area is 157 Å². The van der Waals surface area contributed by atoms with Gasteiger partial charge in [0.25, 0.3) is 0 Å². The molecule has 5 heteroatoms. The van der Waals surface area contributed by atoms with E-state index in [2.05, 4.69) is 31.0 Å². The third kappa shape index (κ3) is 5.75. The first-order chi connectivity index (χ1) is 12.0. The maximum absolute atomic E-state index is 12.4. The van der Waals surface area contributed by atoms with Crippen LogP contribution in [0.25, 0.3) is 0 Å². The Morgan fingerprint density at radius 1 is 0.923 bits per heavy atom. The summed E-state index contributed by atoms with van der Waals surface area (Å²) in [4.78, 5) is 28.7. The molecule has 1 aromatic carbocycles. The van der Waals surface area contributed by atoms with Crippen LogP contribution in [0.4, 0.5) is 11.4 Å². The summed E-state index contributed by atoms with van der Waals surface area (Å²) >= 11 is 0. The van der Waals surface area contributed by atoms with E-state index < -0.39 is 5.41 Å². The Bertz CT molecular complexity index is 631. The summed E-state index contributed by atoms with van der Waals surface area (Å²) in [6.07, 6.45) is 0.592. The number of amides is 2. The van der Waals surface area contributed by atoms with Crippen molar-refractivity contribution >= 4 is 23.2 Å². The molecule has 1 heterocycles. The van der Waals surface area contributed by atoms with Gasteiger partial charge in [-0.2, -0.15) is 0 Å². The van der Waals surface area contributed by atoms with Gasteiger partial charge >= 0.3 is 0 Å². The van der Waals surface area contributed by atoms with E-state index in [1.54, 1.807) is 0 Å². The summed E-state index contributed by atoms with van der Waals surface area (Å²) in [5, 5.41) is 2.95. The second kappa shape index (κ2) is 7.68. The molecule has 144 valence electrons. The molecule has 0 aliphatic carbocycles. The van der Waals surface area contributed by atoms with Gasteiger partial charge in [0.1, 0.15) is 0 Å². The Kier molecular flexibility index (Phi) is 5.99. The molecule has 1 fully saturated rings. The third-order valence-electron chi connectivity index (χ3n) is 4.49. The summed E-state index contributed by atoms with van der Waals surface area (Å²) in [6, 6.07) is 7.95. The summed E-state index contributed by atoms with van der Waals surface area (Å²) < 4.78 is 0. The molecular formula is C21H33N3O2. The van der Waals surface area contributed by atoms with Crippen LogP contribution in [0.5, 0.6) is 0 Å². The number of hydrogen-bond acceptors (Lipinski definition) is 3. The van der Waals surface area contributed by atoms with Crippen molar-refractivity contribution in [3.8, 4) is 0 Å². The van der Waals surface area contributed by atoms with Gasteiger partial charge in [0, 0.05) is 49.4 Å². The van der Waals surface area contributed by atoms with E-state index in [1.807, 2.05) is 49.9 Å². The van der Waals surface area contributed by atoms with Crippen LogP contribution in [0, 0.1) is 10.8 Å². The molecule has 1 aliphatic rings. The lowest BCUT2D eigenvalue weighted by Gasteiger charge is -2.37. The molecule has 1 aromatic rings. The molecule has 5 nitrogen and oxygen atoms in total. The Morgan fingerprint density at radius 3 is 1.92 bits per heavy atom. The van der Waals surface area contributed by atoms with Crippen LogP contribution in [0.1, 0.15) is 48.0 Å². The lowest BCUT2D eigenvalue weighted by molar-refractivity contribution is -0.133. The van der Waals surface area contributed by atoms with Crippen molar-refractivity contribution in [1.82, 2.24) is 4.90 Å². The molecule has 1 aliphatic heterocycles. The molecule has 2 amide bonds. The van der Waals surface area contributed by atoms with E-state index in [-0.39, 0.29) is 17.2 Å². The molecule has 0 bridgehead atoms. The van der Waals surface area contributed by atoms with Crippen LogP contribution >= 0.6 is 0 Å². The topological polar surface area (TPSA) is 52.7 Å². The Balaban J connectivity index is 1.90. The van der Waals surface area contributed by atoms with E-state index in [9.17, 15) is 9.59 Å². The highest BCUT2D eigenvalue weighted by atomic mass is 16.2. The minimum Gasteiger partial charge on any atom is -0.368 e. The number of piperazine rings is 1. The SMILES string of the molecule is CC(C)(C)CC(=O)N1CCN(c2ccc(NC(=O)C(C)(C)C)cc2)CC1. The molecule has 26 heavy (non-hydrogen) atoms. The standard InChI is InChI=1S/C21H33N3O2/c1-20(2,3)15-18(25)24-13-11-23(12-14-24)17-9-7-16(8-10-17)22-19(26)21(4,5)6/h7-10H,11-15H2,1-6H3,(H,22,26). The largest absolute Gasteiger partial charge is 0.368 e. The van der Waals surface area contributed by atoms with Gasteiger partial charge in [-0.15, -0.1) is 0 Å². The van der Waals surface area contributed by atoms with Gasteiger partial charge in [0.15, 0.2) is 0 Å². The minimum absolute atomic E-state index is 0.0104. The lowest BCUT2D eigenvalue weighted by Crippen LogP contribution is -2.49. The van der Waals surface area contributed by atoms with Crippen molar-refractivity contribution in [2.75, 3.05) is 36.4 Å².